The summed E-state index contributed by atoms with van der Waals surface area (Å²) in [4.78, 5) is 0. The molecule has 0 unspecified atom stereocenters. The van der Waals surface area contributed by atoms with E-state index >= 15 is 0 Å². The van der Waals surface area contributed by atoms with Crippen molar-refractivity contribution in [2.45, 2.75) is 6.54 Å². The highest BCUT2D eigenvalue weighted by Crippen LogP contribution is 2.19. The van der Waals surface area contributed by atoms with E-state index in [0.717, 1.165) is 16.5 Å². The Balaban J connectivity index is 2.06. The first-order chi connectivity index (χ1) is 9.28. The fourth-order valence-electron chi connectivity index (χ4n) is 2.14. The van der Waals surface area contributed by atoms with Gasteiger partial charge in [0.2, 0.25) is 0 Å². The highest BCUT2D eigenvalue weighted by Gasteiger charge is 2.06. The van der Waals surface area contributed by atoms with Gasteiger partial charge in [0, 0.05) is 11.1 Å². The number of nitrogens with two attached hydrogens (primary N) is 1. The molecular formula is C15H12N4. The zero-order valence-electron chi connectivity index (χ0n) is 10.2. The SMILES string of the molecule is N#Cc1ccccc1Cn1ncc2ccc(N)cc21. The molecule has 2 N–H and O–H groups in total. The molecule has 0 spiro atoms. The van der Waals surface area contributed by atoms with Gasteiger partial charge in [0.1, 0.15) is 0 Å². The largest absolute Gasteiger partial charge is 0.399 e. The Labute approximate surface area is 110 Å². The zero-order chi connectivity index (χ0) is 13.2. The van der Waals surface area contributed by atoms with Crippen molar-refractivity contribution in [2.24, 2.45) is 0 Å². The number of nitriles is 1. The maximum atomic E-state index is 9.10. The molecule has 0 bridgehead atoms. The first-order valence-corrected chi connectivity index (χ1v) is 5.97. The van der Waals surface area contributed by atoms with Crippen LogP contribution in [0.5, 0.6) is 0 Å². The van der Waals surface area contributed by atoms with Crippen LogP contribution in [0.15, 0.2) is 48.7 Å². The molecule has 0 aliphatic heterocycles. The van der Waals surface area contributed by atoms with Crippen molar-refractivity contribution in [3.8, 4) is 6.07 Å². The molecule has 0 amide bonds. The smallest absolute Gasteiger partial charge is 0.0995 e. The second-order valence-corrected chi connectivity index (χ2v) is 4.39. The van der Waals surface area contributed by atoms with E-state index in [0.29, 0.717) is 17.8 Å². The van der Waals surface area contributed by atoms with Crippen LogP contribution >= 0.6 is 0 Å². The molecule has 1 aromatic heterocycles. The average Bonchev–Trinajstić information content (AvgIpc) is 2.82. The van der Waals surface area contributed by atoms with Crippen molar-refractivity contribution in [1.29, 1.82) is 5.26 Å². The number of fused-ring (bicyclic) bond motifs is 1. The molecule has 92 valence electrons. The summed E-state index contributed by atoms with van der Waals surface area (Å²) in [6.45, 7) is 0.566. The van der Waals surface area contributed by atoms with E-state index in [1.54, 1.807) is 0 Å². The third kappa shape index (κ3) is 2.02. The highest BCUT2D eigenvalue weighted by molar-refractivity contribution is 5.81. The summed E-state index contributed by atoms with van der Waals surface area (Å²) < 4.78 is 1.86. The first kappa shape index (κ1) is 11.3. The maximum Gasteiger partial charge on any atom is 0.0995 e. The topological polar surface area (TPSA) is 67.6 Å². The van der Waals surface area contributed by atoms with Crippen molar-refractivity contribution >= 4 is 16.6 Å². The number of anilines is 1. The number of nitrogen functional groups attached to an aromatic ring is 1. The van der Waals surface area contributed by atoms with Gasteiger partial charge in [-0.05, 0) is 29.8 Å². The summed E-state index contributed by atoms with van der Waals surface area (Å²) in [7, 11) is 0. The van der Waals surface area contributed by atoms with Crippen LogP contribution in [0.4, 0.5) is 5.69 Å². The lowest BCUT2D eigenvalue weighted by Gasteiger charge is -2.06. The van der Waals surface area contributed by atoms with E-state index in [2.05, 4.69) is 11.2 Å². The molecule has 0 saturated carbocycles. The van der Waals surface area contributed by atoms with Crippen LogP contribution in [-0.4, -0.2) is 9.78 Å². The Hall–Kier alpha value is -2.80. The van der Waals surface area contributed by atoms with Gasteiger partial charge >= 0.3 is 0 Å². The normalized spacial score (nSPS) is 10.5. The van der Waals surface area contributed by atoms with Gasteiger partial charge in [-0.25, -0.2) is 0 Å². The molecular weight excluding hydrogens is 236 g/mol. The molecule has 4 nitrogen and oxygen atoms in total. The predicted molar refractivity (Wildman–Crippen MR) is 74.4 cm³/mol. The quantitative estimate of drug-likeness (QED) is 0.708. The molecule has 0 atom stereocenters. The van der Waals surface area contributed by atoms with Gasteiger partial charge in [0.05, 0.1) is 29.9 Å². The fraction of sp³-hybridized carbons (Fsp3) is 0.0667. The van der Waals surface area contributed by atoms with Gasteiger partial charge < -0.3 is 5.73 Å². The minimum absolute atomic E-state index is 0.566. The zero-order valence-corrected chi connectivity index (χ0v) is 10.2. The van der Waals surface area contributed by atoms with Crippen molar-refractivity contribution in [1.82, 2.24) is 9.78 Å². The van der Waals surface area contributed by atoms with Crippen LogP contribution in [0.25, 0.3) is 10.9 Å². The van der Waals surface area contributed by atoms with E-state index in [4.69, 9.17) is 11.0 Å². The lowest BCUT2D eigenvalue weighted by molar-refractivity contribution is 0.711. The maximum absolute atomic E-state index is 9.10. The first-order valence-electron chi connectivity index (χ1n) is 5.97. The Bertz CT molecular complexity index is 780. The minimum atomic E-state index is 0.566. The van der Waals surface area contributed by atoms with Gasteiger partial charge in [-0.15, -0.1) is 0 Å². The summed E-state index contributed by atoms with van der Waals surface area (Å²) in [5.74, 6) is 0. The number of hydrogen-bond acceptors (Lipinski definition) is 3. The Morgan fingerprint density at radius 3 is 2.89 bits per heavy atom. The van der Waals surface area contributed by atoms with E-state index in [9.17, 15) is 0 Å². The summed E-state index contributed by atoms with van der Waals surface area (Å²) in [5.41, 5.74) is 9.13. The molecule has 19 heavy (non-hydrogen) atoms. The van der Waals surface area contributed by atoms with E-state index < -0.39 is 0 Å². The second kappa shape index (κ2) is 4.46. The fourth-order valence-corrected chi connectivity index (χ4v) is 2.14. The third-order valence-electron chi connectivity index (χ3n) is 3.13. The Morgan fingerprint density at radius 2 is 2.05 bits per heavy atom. The van der Waals surface area contributed by atoms with Crippen LogP contribution in [0, 0.1) is 11.3 Å². The van der Waals surface area contributed by atoms with E-state index in [-0.39, 0.29) is 0 Å². The van der Waals surface area contributed by atoms with E-state index in [1.165, 1.54) is 0 Å². The molecule has 3 rings (SSSR count). The van der Waals surface area contributed by atoms with Gasteiger partial charge in [0.25, 0.3) is 0 Å². The monoisotopic (exact) mass is 248 g/mol. The number of benzene rings is 2. The molecule has 0 aliphatic carbocycles. The number of hydrogen-bond donors (Lipinski definition) is 1. The minimum Gasteiger partial charge on any atom is -0.399 e. The van der Waals surface area contributed by atoms with Crippen LogP contribution in [0.2, 0.25) is 0 Å². The van der Waals surface area contributed by atoms with Gasteiger partial charge in [-0.3, -0.25) is 4.68 Å². The molecule has 2 aromatic carbocycles. The lowest BCUT2D eigenvalue weighted by Crippen LogP contribution is -2.03. The van der Waals surface area contributed by atoms with Crippen molar-refractivity contribution < 1.29 is 0 Å². The lowest BCUT2D eigenvalue weighted by atomic mass is 10.1. The van der Waals surface area contributed by atoms with Crippen LogP contribution in [0.3, 0.4) is 0 Å². The van der Waals surface area contributed by atoms with Gasteiger partial charge in [-0.1, -0.05) is 18.2 Å². The van der Waals surface area contributed by atoms with Crippen molar-refractivity contribution in [2.75, 3.05) is 5.73 Å². The Morgan fingerprint density at radius 1 is 1.21 bits per heavy atom. The van der Waals surface area contributed by atoms with Crippen molar-refractivity contribution in [3.63, 3.8) is 0 Å². The van der Waals surface area contributed by atoms with E-state index in [1.807, 2.05) is 53.3 Å². The Kier molecular flexibility index (Phi) is 2.66. The molecule has 0 saturated heterocycles. The number of aromatic nitrogens is 2. The summed E-state index contributed by atoms with van der Waals surface area (Å²) in [5, 5.41) is 14.5. The summed E-state index contributed by atoms with van der Waals surface area (Å²) in [6, 6.07) is 15.5. The summed E-state index contributed by atoms with van der Waals surface area (Å²) in [6.07, 6.45) is 1.81. The summed E-state index contributed by atoms with van der Waals surface area (Å²) >= 11 is 0. The number of rotatable bonds is 2. The average molecular weight is 248 g/mol. The predicted octanol–water partition coefficient (Wildman–Crippen LogP) is 2.54. The highest BCUT2D eigenvalue weighted by atomic mass is 15.3. The second-order valence-electron chi connectivity index (χ2n) is 4.39. The van der Waals surface area contributed by atoms with Crippen LogP contribution in [0.1, 0.15) is 11.1 Å². The molecule has 3 aromatic rings. The van der Waals surface area contributed by atoms with Gasteiger partial charge in [-0.2, -0.15) is 10.4 Å². The molecule has 0 radical (unpaired) electrons. The molecule has 0 fully saturated rings. The molecule has 0 aliphatic rings. The van der Waals surface area contributed by atoms with Crippen molar-refractivity contribution in [3.05, 3.63) is 59.8 Å². The molecule has 1 heterocycles. The third-order valence-corrected chi connectivity index (χ3v) is 3.13. The standard InChI is InChI=1S/C15H12N4/c16-8-11-3-1-2-4-13(11)10-19-15-7-14(17)6-5-12(15)9-18-19/h1-7,9H,10,17H2. The van der Waals surface area contributed by atoms with Crippen LogP contribution in [-0.2, 0) is 6.54 Å². The number of nitrogens with zero attached hydrogens (tertiary/aromatic N) is 3. The van der Waals surface area contributed by atoms with Crippen LogP contribution < -0.4 is 5.73 Å². The van der Waals surface area contributed by atoms with Gasteiger partial charge in [0.15, 0.2) is 0 Å². The molecule has 4 heteroatoms.